The molecular weight excluding hydrogens is 498 g/mol. The van der Waals surface area contributed by atoms with Gasteiger partial charge in [0.15, 0.2) is 6.10 Å². The van der Waals surface area contributed by atoms with Crippen LogP contribution in [0.2, 0.25) is 0 Å². The number of carbonyl (C=O) groups excluding carboxylic acids is 1. The van der Waals surface area contributed by atoms with E-state index in [9.17, 15) is 19.5 Å². The van der Waals surface area contributed by atoms with E-state index in [2.05, 4.69) is 5.32 Å². The second kappa shape index (κ2) is 12.3. The predicted molar refractivity (Wildman–Crippen MR) is 147 cm³/mol. The Morgan fingerprint density at radius 1 is 0.872 bits per heavy atom. The minimum atomic E-state index is -1.03. The largest absolute Gasteiger partial charge is 0.479 e. The molecule has 202 valence electrons. The number of carboxylic acids is 1. The first kappa shape index (κ1) is 27.4. The lowest BCUT2D eigenvalue weighted by Crippen LogP contribution is -2.26. The molecule has 1 aromatic heterocycles. The number of nitrogens with zero attached hydrogens (tertiary/aromatic N) is 2. The van der Waals surface area contributed by atoms with Gasteiger partial charge in [-0.05, 0) is 29.2 Å². The molecule has 0 aliphatic rings. The molecule has 2 N–H and O–H groups in total. The second-order valence-electron chi connectivity index (χ2n) is 9.18. The van der Waals surface area contributed by atoms with Crippen molar-refractivity contribution in [2.24, 2.45) is 14.1 Å². The quantitative estimate of drug-likeness (QED) is 0.302. The minimum absolute atomic E-state index is 0.0890. The summed E-state index contributed by atoms with van der Waals surface area (Å²) in [6.07, 6.45) is -1.90. The average molecular weight is 530 g/mol. The van der Waals surface area contributed by atoms with E-state index in [-0.39, 0.29) is 18.6 Å². The Hall–Kier alpha value is -4.63. The van der Waals surface area contributed by atoms with Crippen LogP contribution in [0.25, 0.3) is 11.1 Å². The number of carboxylic acid groups (broad SMARTS) is 1. The highest BCUT2D eigenvalue weighted by molar-refractivity contribution is 5.90. The summed E-state index contributed by atoms with van der Waals surface area (Å²) in [6, 6.07) is 25.7. The fraction of sp³-hybridized carbons (Fsp3) is 0.233. The van der Waals surface area contributed by atoms with Crippen LogP contribution in [-0.2, 0) is 41.4 Å². The predicted octanol–water partition coefficient (Wildman–Crippen LogP) is 4.91. The van der Waals surface area contributed by atoms with Crippen molar-refractivity contribution >= 4 is 17.9 Å². The van der Waals surface area contributed by atoms with E-state index in [4.69, 9.17) is 9.47 Å². The number of carbonyl (C=O) groups is 2. The van der Waals surface area contributed by atoms with Crippen LogP contribution < -0.4 is 10.9 Å². The van der Waals surface area contributed by atoms with E-state index >= 15 is 0 Å². The molecule has 39 heavy (non-hydrogen) atoms. The Labute approximate surface area is 226 Å². The smallest absolute Gasteiger partial charge is 0.413 e. The molecule has 0 bridgehead atoms. The number of nitrogens with one attached hydrogen (secondary N) is 1. The number of hydrogen-bond acceptors (Lipinski definition) is 5. The molecule has 4 aromatic rings. The van der Waals surface area contributed by atoms with Gasteiger partial charge in [-0.15, -0.1) is 0 Å². The molecule has 1 amide bonds. The highest BCUT2D eigenvalue weighted by atomic mass is 16.6. The van der Waals surface area contributed by atoms with Gasteiger partial charge in [-0.25, -0.2) is 9.59 Å². The number of aliphatic carboxylic acids is 1. The Bertz CT molecular complexity index is 1480. The minimum Gasteiger partial charge on any atom is -0.479 e. The highest BCUT2D eigenvalue weighted by Crippen LogP contribution is 2.26. The number of hydrogen-bond donors (Lipinski definition) is 2. The van der Waals surface area contributed by atoms with Crippen LogP contribution >= 0.6 is 0 Å². The molecule has 0 spiro atoms. The summed E-state index contributed by atoms with van der Waals surface area (Å²) in [4.78, 5) is 37.5. The molecule has 0 fully saturated rings. The Morgan fingerprint density at radius 3 is 2.10 bits per heavy atom. The van der Waals surface area contributed by atoms with E-state index < -0.39 is 24.3 Å². The second-order valence-corrected chi connectivity index (χ2v) is 9.18. The molecule has 0 saturated heterocycles. The zero-order valence-electron chi connectivity index (χ0n) is 22.0. The van der Waals surface area contributed by atoms with Gasteiger partial charge in [-0.3, -0.25) is 19.5 Å². The fourth-order valence-electron chi connectivity index (χ4n) is 4.20. The van der Waals surface area contributed by atoms with Gasteiger partial charge >= 0.3 is 12.1 Å². The van der Waals surface area contributed by atoms with Crippen molar-refractivity contribution in [1.29, 1.82) is 0 Å². The van der Waals surface area contributed by atoms with Crippen molar-refractivity contribution in [2.45, 2.75) is 32.2 Å². The molecule has 0 saturated carbocycles. The molecule has 1 heterocycles. The molecule has 0 aliphatic heterocycles. The van der Waals surface area contributed by atoms with Crippen LogP contribution in [0, 0.1) is 0 Å². The first-order valence-electron chi connectivity index (χ1n) is 12.5. The van der Waals surface area contributed by atoms with Gasteiger partial charge in [-0.2, -0.15) is 0 Å². The first-order valence-corrected chi connectivity index (χ1v) is 12.5. The van der Waals surface area contributed by atoms with Crippen molar-refractivity contribution in [3.8, 4) is 11.1 Å². The first-order chi connectivity index (χ1) is 18.7. The van der Waals surface area contributed by atoms with E-state index in [0.717, 1.165) is 16.7 Å². The average Bonchev–Trinajstić information content (AvgIpc) is 3.15. The highest BCUT2D eigenvalue weighted by Gasteiger charge is 2.22. The van der Waals surface area contributed by atoms with Crippen LogP contribution in [0.15, 0.2) is 89.7 Å². The molecule has 4 rings (SSSR count). The number of rotatable bonds is 10. The maximum Gasteiger partial charge on any atom is 0.413 e. The summed E-state index contributed by atoms with van der Waals surface area (Å²) in [5.41, 5.74) is 3.08. The van der Waals surface area contributed by atoms with Gasteiger partial charge in [0.2, 0.25) is 0 Å². The van der Waals surface area contributed by atoms with Crippen molar-refractivity contribution in [2.75, 3.05) is 5.32 Å². The molecule has 9 nitrogen and oxygen atoms in total. The van der Waals surface area contributed by atoms with E-state index in [1.54, 1.807) is 50.0 Å². The van der Waals surface area contributed by atoms with E-state index in [1.807, 2.05) is 60.7 Å². The molecule has 2 unspecified atom stereocenters. The molecule has 0 aliphatic carbocycles. The number of benzene rings is 3. The number of amides is 1. The molecule has 9 heteroatoms. The summed E-state index contributed by atoms with van der Waals surface area (Å²) in [7, 11) is 3.28. The van der Waals surface area contributed by atoms with E-state index in [1.165, 1.54) is 4.68 Å². The van der Waals surface area contributed by atoms with Gasteiger partial charge in [0, 0.05) is 20.5 Å². The summed E-state index contributed by atoms with van der Waals surface area (Å²) < 4.78 is 14.2. The van der Waals surface area contributed by atoms with Crippen LogP contribution in [0.1, 0.15) is 29.7 Å². The fourth-order valence-corrected chi connectivity index (χ4v) is 4.20. The summed E-state index contributed by atoms with van der Waals surface area (Å²) in [6.45, 7) is 1.86. The molecule has 2 atom stereocenters. The summed E-state index contributed by atoms with van der Waals surface area (Å²) in [5, 5.41) is 12.3. The number of aromatic nitrogens is 2. The Morgan fingerprint density at radius 2 is 1.49 bits per heavy atom. The standard InChI is InChI=1S/C30H31N3O6/c1-20(23-12-8-5-9-13-23)39-30(37)31-27-26(28(34)33(3)32(27)2)24-16-14-22(15-17-24)19-38-25(29(35)36)18-21-10-6-4-7-11-21/h4-17,20,25H,18-19H2,1-3H3,(H,31,37)(H,35,36). The SMILES string of the molecule is CC(OC(=O)Nc1c(-c2ccc(COC(Cc3ccccc3)C(=O)O)cc2)c(=O)n(C)n1C)c1ccccc1. The van der Waals surface area contributed by atoms with Crippen LogP contribution in [0.5, 0.6) is 0 Å². The Balaban J connectivity index is 1.47. The number of ether oxygens (including phenoxy) is 2. The van der Waals surface area contributed by atoms with Gasteiger partial charge in [0.05, 0.1) is 12.2 Å². The van der Waals surface area contributed by atoms with Gasteiger partial charge in [-0.1, -0.05) is 84.9 Å². The molecule has 3 aromatic carbocycles. The van der Waals surface area contributed by atoms with Gasteiger partial charge < -0.3 is 14.6 Å². The molecular formula is C30H31N3O6. The maximum atomic E-state index is 13.0. The monoisotopic (exact) mass is 529 g/mol. The van der Waals surface area contributed by atoms with Crippen molar-refractivity contribution in [3.05, 3.63) is 112 Å². The van der Waals surface area contributed by atoms with Crippen LogP contribution in [-0.4, -0.2) is 32.6 Å². The van der Waals surface area contributed by atoms with Crippen LogP contribution in [0.3, 0.4) is 0 Å². The third kappa shape index (κ3) is 6.63. The Kier molecular flexibility index (Phi) is 8.63. The zero-order valence-corrected chi connectivity index (χ0v) is 22.0. The summed E-state index contributed by atoms with van der Waals surface area (Å²) >= 11 is 0. The lowest BCUT2D eigenvalue weighted by Gasteiger charge is -2.15. The van der Waals surface area contributed by atoms with E-state index in [0.29, 0.717) is 16.9 Å². The topological polar surface area (TPSA) is 112 Å². The van der Waals surface area contributed by atoms with Crippen LogP contribution in [0.4, 0.5) is 10.6 Å². The third-order valence-corrected chi connectivity index (χ3v) is 6.52. The number of anilines is 1. The van der Waals surface area contributed by atoms with Crippen molar-refractivity contribution in [3.63, 3.8) is 0 Å². The lowest BCUT2D eigenvalue weighted by molar-refractivity contribution is -0.151. The van der Waals surface area contributed by atoms with Gasteiger partial charge in [0.1, 0.15) is 11.9 Å². The van der Waals surface area contributed by atoms with Gasteiger partial charge in [0.25, 0.3) is 5.56 Å². The maximum absolute atomic E-state index is 13.0. The zero-order chi connectivity index (χ0) is 27.9. The van der Waals surface area contributed by atoms with Crippen molar-refractivity contribution in [1.82, 2.24) is 9.36 Å². The van der Waals surface area contributed by atoms with Crippen molar-refractivity contribution < 1.29 is 24.2 Å². The third-order valence-electron chi connectivity index (χ3n) is 6.52. The molecule has 0 radical (unpaired) electrons. The lowest BCUT2D eigenvalue weighted by atomic mass is 10.1. The normalized spacial score (nSPS) is 12.5. The summed E-state index contributed by atoms with van der Waals surface area (Å²) in [5.74, 6) is -0.738.